The Bertz CT molecular complexity index is 880. The first-order chi connectivity index (χ1) is 11.1. The minimum absolute atomic E-state index is 0.228. The highest BCUT2D eigenvalue weighted by molar-refractivity contribution is 7.22. The van der Waals surface area contributed by atoms with Crippen LogP contribution in [0, 0.1) is 0 Å². The highest BCUT2D eigenvalue weighted by Crippen LogP contribution is 2.31. The molecule has 0 aliphatic carbocycles. The first-order valence-corrected chi connectivity index (χ1v) is 8.44. The summed E-state index contributed by atoms with van der Waals surface area (Å²) in [5, 5.41) is 3.81. The molecule has 4 nitrogen and oxygen atoms in total. The van der Waals surface area contributed by atoms with E-state index in [0.29, 0.717) is 22.3 Å². The van der Waals surface area contributed by atoms with E-state index in [1.807, 2.05) is 25.1 Å². The lowest BCUT2D eigenvalue weighted by molar-refractivity contribution is 0.102. The van der Waals surface area contributed by atoms with Crippen LogP contribution >= 0.6 is 34.5 Å². The average molecular weight is 367 g/mol. The molecule has 7 heteroatoms. The van der Waals surface area contributed by atoms with Crippen LogP contribution in [-0.4, -0.2) is 17.5 Å². The summed E-state index contributed by atoms with van der Waals surface area (Å²) in [5.74, 6) is 0.431. The van der Waals surface area contributed by atoms with E-state index in [9.17, 15) is 4.79 Å². The summed E-state index contributed by atoms with van der Waals surface area (Å²) in [4.78, 5) is 16.7. The van der Waals surface area contributed by atoms with Gasteiger partial charge in [0.15, 0.2) is 5.13 Å². The third-order valence-corrected chi connectivity index (χ3v) is 4.84. The minimum atomic E-state index is -0.346. The maximum Gasteiger partial charge on any atom is 0.259 e. The molecule has 0 aliphatic rings. The van der Waals surface area contributed by atoms with Crippen molar-refractivity contribution in [2.24, 2.45) is 0 Å². The molecule has 23 heavy (non-hydrogen) atoms. The molecule has 0 saturated heterocycles. The van der Waals surface area contributed by atoms with Gasteiger partial charge in [-0.1, -0.05) is 40.6 Å². The Hall–Kier alpha value is -1.82. The Balaban J connectivity index is 1.86. The quantitative estimate of drug-likeness (QED) is 0.685. The summed E-state index contributed by atoms with van der Waals surface area (Å²) in [6.07, 6.45) is 0. The molecule has 3 aromatic rings. The molecule has 0 bridgehead atoms. The summed E-state index contributed by atoms with van der Waals surface area (Å²) >= 11 is 13.4. The zero-order chi connectivity index (χ0) is 16.4. The van der Waals surface area contributed by atoms with Gasteiger partial charge < -0.3 is 4.74 Å². The van der Waals surface area contributed by atoms with Crippen molar-refractivity contribution in [3.05, 3.63) is 52.0 Å². The summed E-state index contributed by atoms with van der Waals surface area (Å²) in [6, 6.07) is 10.5. The average Bonchev–Trinajstić information content (AvgIpc) is 2.91. The molecular weight excluding hydrogens is 355 g/mol. The Morgan fingerprint density at radius 2 is 2.13 bits per heavy atom. The van der Waals surface area contributed by atoms with Crippen molar-refractivity contribution in [3.63, 3.8) is 0 Å². The molecule has 0 fully saturated rings. The van der Waals surface area contributed by atoms with Crippen LogP contribution in [0.3, 0.4) is 0 Å². The topological polar surface area (TPSA) is 51.2 Å². The number of benzene rings is 2. The lowest BCUT2D eigenvalue weighted by Gasteiger charge is -2.04. The number of thiazole rings is 1. The van der Waals surface area contributed by atoms with Crippen LogP contribution in [0.2, 0.25) is 10.0 Å². The highest BCUT2D eigenvalue weighted by atomic mass is 35.5. The molecule has 1 heterocycles. The van der Waals surface area contributed by atoms with Crippen LogP contribution in [0.4, 0.5) is 5.13 Å². The van der Waals surface area contributed by atoms with E-state index in [2.05, 4.69) is 10.3 Å². The van der Waals surface area contributed by atoms with Gasteiger partial charge in [0.25, 0.3) is 5.91 Å². The predicted molar refractivity (Wildman–Crippen MR) is 95.2 cm³/mol. The van der Waals surface area contributed by atoms with Gasteiger partial charge in [-0.2, -0.15) is 0 Å². The number of ether oxygens (including phenoxy) is 1. The number of aromatic nitrogens is 1. The zero-order valence-corrected chi connectivity index (χ0v) is 14.4. The monoisotopic (exact) mass is 366 g/mol. The van der Waals surface area contributed by atoms with Crippen molar-refractivity contribution < 1.29 is 9.53 Å². The van der Waals surface area contributed by atoms with E-state index in [1.165, 1.54) is 11.3 Å². The van der Waals surface area contributed by atoms with E-state index in [4.69, 9.17) is 27.9 Å². The fourth-order valence-corrected chi connectivity index (χ4v) is 3.33. The van der Waals surface area contributed by atoms with Gasteiger partial charge in [-0.25, -0.2) is 4.98 Å². The fraction of sp³-hybridized carbons (Fsp3) is 0.125. The number of rotatable bonds is 4. The van der Waals surface area contributed by atoms with Crippen LogP contribution in [0.5, 0.6) is 5.75 Å². The van der Waals surface area contributed by atoms with Crippen LogP contribution < -0.4 is 10.1 Å². The molecule has 3 rings (SSSR count). The van der Waals surface area contributed by atoms with Crippen LogP contribution in [0.15, 0.2) is 36.4 Å². The third-order valence-electron chi connectivity index (χ3n) is 3.09. The van der Waals surface area contributed by atoms with Gasteiger partial charge in [0.2, 0.25) is 0 Å². The summed E-state index contributed by atoms with van der Waals surface area (Å²) in [5.41, 5.74) is 1.11. The van der Waals surface area contributed by atoms with Gasteiger partial charge in [-0.15, -0.1) is 0 Å². The lowest BCUT2D eigenvalue weighted by Crippen LogP contribution is -2.12. The number of nitrogens with one attached hydrogen (secondary N) is 1. The number of halogens is 2. The van der Waals surface area contributed by atoms with E-state index in [0.717, 1.165) is 16.0 Å². The third kappa shape index (κ3) is 3.42. The van der Waals surface area contributed by atoms with Crippen LogP contribution in [0.25, 0.3) is 10.2 Å². The van der Waals surface area contributed by atoms with Crippen molar-refractivity contribution >= 4 is 55.8 Å². The summed E-state index contributed by atoms with van der Waals surface area (Å²) < 4.78 is 6.40. The maximum absolute atomic E-state index is 12.3. The van der Waals surface area contributed by atoms with Crippen molar-refractivity contribution in [2.45, 2.75) is 6.92 Å². The largest absolute Gasteiger partial charge is 0.494 e. The second kappa shape index (κ2) is 6.74. The van der Waals surface area contributed by atoms with Crippen molar-refractivity contribution in [1.29, 1.82) is 0 Å². The Labute approximate surface area is 147 Å². The molecule has 0 atom stereocenters. The van der Waals surface area contributed by atoms with Crippen molar-refractivity contribution in [3.8, 4) is 5.75 Å². The van der Waals surface area contributed by atoms with Gasteiger partial charge in [0.1, 0.15) is 5.75 Å². The predicted octanol–water partition coefficient (Wildman–Crippen LogP) is 5.25. The number of hydrogen-bond donors (Lipinski definition) is 1. The Morgan fingerprint density at radius 3 is 2.91 bits per heavy atom. The smallest absolute Gasteiger partial charge is 0.259 e. The first-order valence-electron chi connectivity index (χ1n) is 6.87. The number of carbonyl (C=O) groups excluding carboxylic acids is 1. The molecule has 0 unspecified atom stereocenters. The number of hydrogen-bond acceptors (Lipinski definition) is 4. The lowest BCUT2D eigenvalue weighted by atomic mass is 10.2. The maximum atomic E-state index is 12.3. The molecular formula is C16H12Cl2N2O2S. The van der Waals surface area contributed by atoms with Crippen molar-refractivity contribution in [2.75, 3.05) is 11.9 Å². The normalized spacial score (nSPS) is 10.7. The molecule has 1 N–H and O–H groups in total. The number of anilines is 1. The summed E-state index contributed by atoms with van der Waals surface area (Å²) in [7, 11) is 0. The summed E-state index contributed by atoms with van der Waals surface area (Å²) in [6.45, 7) is 2.53. The first kappa shape index (κ1) is 16.1. The SMILES string of the molecule is CCOc1ccc2nc(NC(=O)c3cccc(Cl)c3Cl)sc2c1. The van der Waals surface area contributed by atoms with E-state index < -0.39 is 0 Å². The molecule has 0 aliphatic heterocycles. The second-order valence-electron chi connectivity index (χ2n) is 4.64. The van der Waals surface area contributed by atoms with Gasteiger partial charge in [0.05, 0.1) is 32.4 Å². The number of amides is 1. The number of nitrogens with zero attached hydrogens (tertiary/aromatic N) is 1. The van der Waals surface area contributed by atoms with Gasteiger partial charge in [0, 0.05) is 0 Å². The van der Waals surface area contributed by atoms with Crippen LogP contribution in [0.1, 0.15) is 17.3 Å². The van der Waals surface area contributed by atoms with Gasteiger partial charge in [-0.3, -0.25) is 10.1 Å². The molecule has 118 valence electrons. The highest BCUT2D eigenvalue weighted by Gasteiger charge is 2.15. The van der Waals surface area contributed by atoms with Gasteiger partial charge >= 0.3 is 0 Å². The van der Waals surface area contributed by atoms with E-state index >= 15 is 0 Å². The molecule has 0 radical (unpaired) electrons. The van der Waals surface area contributed by atoms with E-state index in [1.54, 1.807) is 18.2 Å². The second-order valence-corrected chi connectivity index (χ2v) is 6.45. The molecule has 0 saturated carbocycles. The Morgan fingerprint density at radius 1 is 1.30 bits per heavy atom. The van der Waals surface area contributed by atoms with Crippen LogP contribution in [-0.2, 0) is 0 Å². The van der Waals surface area contributed by atoms with Gasteiger partial charge in [-0.05, 0) is 37.3 Å². The molecule has 1 amide bonds. The fourth-order valence-electron chi connectivity index (χ4n) is 2.06. The molecule has 0 spiro atoms. The molecule has 1 aromatic heterocycles. The minimum Gasteiger partial charge on any atom is -0.494 e. The Kier molecular flexibility index (Phi) is 4.71. The number of carbonyl (C=O) groups is 1. The van der Waals surface area contributed by atoms with Crippen molar-refractivity contribution in [1.82, 2.24) is 4.98 Å². The zero-order valence-electron chi connectivity index (χ0n) is 12.1. The molecule has 2 aromatic carbocycles. The van der Waals surface area contributed by atoms with E-state index in [-0.39, 0.29) is 10.9 Å². The standard InChI is InChI=1S/C16H12Cl2N2O2S/c1-2-22-9-6-7-12-13(8-9)23-16(19-12)20-15(21)10-4-3-5-11(17)14(10)18/h3-8H,2H2,1H3,(H,19,20,21). The number of fused-ring (bicyclic) bond motifs is 1.